The fourth-order valence-corrected chi connectivity index (χ4v) is 2.10. The Kier molecular flexibility index (Phi) is 4.74. The normalized spacial score (nSPS) is 13.2. The van der Waals surface area contributed by atoms with E-state index in [0.29, 0.717) is 17.1 Å². The summed E-state index contributed by atoms with van der Waals surface area (Å²) in [6.07, 6.45) is 1.90. The van der Waals surface area contributed by atoms with Gasteiger partial charge in [-0.1, -0.05) is 0 Å². The van der Waals surface area contributed by atoms with Crippen LogP contribution in [0.15, 0.2) is 48.5 Å². The lowest BCUT2D eigenvalue weighted by Crippen LogP contribution is -2.20. The van der Waals surface area contributed by atoms with Crippen molar-refractivity contribution >= 4 is 23.2 Å². The van der Waals surface area contributed by atoms with E-state index in [1.54, 1.807) is 24.3 Å². The molecular formula is C18H17FN2O3. The van der Waals surface area contributed by atoms with E-state index in [2.05, 4.69) is 10.6 Å². The van der Waals surface area contributed by atoms with Crippen molar-refractivity contribution in [2.75, 3.05) is 17.2 Å². The number of anilines is 2. The van der Waals surface area contributed by atoms with Gasteiger partial charge in [-0.15, -0.1) is 0 Å². The third-order valence-corrected chi connectivity index (χ3v) is 3.57. The van der Waals surface area contributed by atoms with E-state index in [-0.39, 0.29) is 30.2 Å². The first-order valence-corrected chi connectivity index (χ1v) is 7.69. The molecule has 5 nitrogen and oxygen atoms in total. The van der Waals surface area contributed by atoms with Crippen LogP contribution in [0.1, 0.15) is 12.8 Å². The van der Waals surface area contributed by atoms with Crippen molar-refractivity contribution in [2.45, 2.75) is 12.8 Å². The minimum atomic E-state index is -0.360. The molecule has 124 valence electrons. The monoisotopic (exact) mass is 328 g/mol. The fraction of sp³-hybridized carbons (Fsp3) is 0.222. The summed E-state index contributed by atoms with van der Waals surface area (Å²) in [6.45, 7) is -0.175. The summed E-state index contributed by atoms with van der Waals surface area (Å²) in [5.41, 5.74) is 1.31. The van der Waals surface area contributed by atoms with Crippen LogP contribution in [0.4, 0.5) is 15.8 Å². The topological polar surface area (TPSA) is 67.4 Å². The number of carbonyl (C=O) groups excluding carboxylic acids is 2. The van der Waals surface area contributed by atoms with Gasteiger partial charge in [0.1, 0.15) is 11.6 Å². The average molecular weight is 328 g/mol. The zero-order chi connectivity index (χ0) is 16.9. The number of amides is 2. The predicted molar refractivity (Wildman–Crippen MR) is 88.3 cm³/mol. The standard InChI is InChI=1S/C18H17FN2O3/c19-13-3-9-16(10-4-13)24-11-17(22)20-14-5-7-15(8-6-14)21-18(23)12-1-2-12/h3-10,12H,1-2,11H2,(H,20,22)(H,21,23). The van der Waals surface area contributed by atoms with Crippen molar-refractivity contribution in [1.29, 1.82) is 0 Å². The predicted octanol–water partition coefficient (Wildman–Crippen LogP) is 3.19. The molecule has 0 aromatic heterocycles. The molecule has 24 heavy (non-hydrogen) atoms. The Morgan fingerprint density at radius 3 is 2.12 bits per heavy atom. The lowest BCUT2D eigenvalue weighted by atomic mass is 10.2. The average Bonchev–Trinajstić information content (AvgIpc) is 3.41. The van der Waals surface area contributed by atoms with E-state index in [1.807, 2.05) is 0 Å². The van der Waals surface area contributed by atoms with Gasteiger partial charge in [-0.05, 0) is 61.4 Å². The van der Waals surface area contributed by atoms with Crippen LogP contribution in [0.5, 0.6) is 5.75 Å². The lowest BCUT2D eigenvalue weighted by molar-refractivity contribution is -0.118. The maximum atomic E-state index is 12.8. The molecule has 0 radical (unpaired) electrons. The minimum absolute atomic E-state index is 0.0412. The molecule has 2 amide bonds. The number of benzene rings is 2. The number of ether oxygens (including phenoxy) is 1. The molecule has 0 bridgehead atoms. The number of nitrogens with one attached hydrogen (secondary N) is 2. The molecule has 2 N–H and O–H groups in total. The summed E-state index contributed by atoms with van der Waals surface area (Å²) in [6, 6.07) is 12.3. The molecule has 1 aliphatic rings. The molecule has 1 fully saturated rings. The van der Waals surface area contributed by atoms with Gasteiger partial charge in [0.05, 0.1) is 0 Å². The first-order chi connectivity index (χ1) is 11.6. The maximum Gasteiger partial charge on any atom is 0.262 e. The van der Waals surface area contributed by atoms with Gasteiger partial charge in [-0.3, -0.25) is 9.59 Å². The van der Waals surface area contributed by atoms with Crippen molar-refractivity contribution in [2.24, 2.45) is 5.92 Å². The van der Waals surface area contributed by atoms with Crippen molar-refractivity contribution in [3.05, 3.63) is 54.3 Å². The van der Waals surface area contributed by atoms with Crippen molar-refractivity contribution in [3.63, 3.8) is 0 Å². The third-order valence-electron chi connectivity index (χ3n) is 3.57. The first-order valence-electron chi connectivity index (χ1n) is 7.69. The Balaban J connectivity index is 1.47. The second-order valence-electron chi connectivity index (χ2n) is 5.63. The smallest absolute Gasteiger partial charge is 0.262 e. The molecule has 0 atom stereocenters. The van der Waals surface area contributed by atoms with Crippen molar-refractivity contribution in [1.82, 2.24) is 0 Å². The summed E-state index contributed by atoms with van der Waals surface area (Å²) in [4.78, 5) is 23.5. The van der Waals surface area contributed by atoms with Gasteiger partial charge in [-0.25, -0.2) is 4.39 Å². The number of halogens is 1. The van der Waals surface area contributed by atoms with Crippen LogP contribution in [0.3, 0.4) is 0 Å². The molecule has 0 aliphatic heterocycles. The zero-order valence-electron chi connectivity index (χ0n) is 12.9. The van der Waals surface area contributed by atoms with Crippen LogP contribution in [-0.4, -0.2) is 18.4 Å². The van der Waals surface area contributed by atoms with Crippen molar-refractivity contribution in [3.8, 4) is 5.75 Å². The summed E-state index contributed by atoms with van der Waals surface area (Å²) in [7, 11) is 0. The van der Waals surface area contributed by atoms with Gasteiger partial charge in [0, 0.05) is 17.3 Å². The Bertz CT molecular complexity index is 725. The molecule has 0 unspecified atom stereocenters. The van der Waals surface area contributed by atoms with E-state index in [0.717, 1.165) is 12.8 Å². The fourth-order valence-electron chi connectivity index (χ4n) is 2.10. The van der Waals surface area contributed by atoms with Gasteiger partial charge in [0.2, 0.25) is 5.91 Å². The van der Waals surface area contributed by atoms with Gasteiger partial charge < -0.3 is 15.4 Å². The van der Waals surface area contributed by atoms with E-state index < -0.39 is 0 Å². The lowest BCUT2D eigenvalue weighted by Gasteiger charge is -2.09. The molecule has 1 aliphatic carbocycles. The largest absolute Gasteiger partial charge is 0.484 e. The van der Waals surface area contributed by atoms with Crippen LogP contribution in [-0.2, 0) is 9.59 Å². The van der Waals surface area contributed by atoms with Gasteiger partial charge in [0.25, 0.3) is 5.91 Å². The van der Waals surface area contributed by atoms with Gasteiger partial charge >= 0.3 is 0 Å². The highest BCUT2D eigenvalue weighted by Gasteiger charge is 2.29. The highest BCUT2D eigenvalue weighted by Crippen LogP contribution is 2.30. The summed E-state index contributed by atoms with van der Waals surface area (Å²) in [5, 5.41) is 5.52. The zero-order valence-corrected chi connectivity index (χ0v) is 12.9. The highest BCUT2D eigenvalue weighted by molar-refractivity contribution is 5.95. The summed E-state index contributed by atoms with van der Waals surface area (Å²) in [5.74, 6) is -0.0769. The van der Waals surface area contributed by atoms with E-state index in [1.165, 1.54) is 24.3 Å². The van der Waals surface area contributed by atoms with E-state index >= 15 is 0 Å². The number of hydrogen-bond donors (Lipinski definition) is 2. The molecule has 2 aromatic carbocycles. The van der Waals surface area contributed by atoms with Crippen LogP contribution in [0.2, 0.25) is 0 Å². The first kappa shape index (κ1) is 16.0. The summed E-state index contributed by atoms with van der Waals surface area (Å²) < 4.78 is 18.0. The number of rotatable bonds is 6. The maximum absolute atomic E-state index is 12.8. The van der Waals surface area contributed by atoms with Crippen LogP contribution in [0, 0.1) is 11.7 Å². The quantitative estimate of drug-likeness (QED) is 0.856. The Morgan fingerprint density at radius 1 is 0.958 bits per heavy atom. The second-order valence-corrected chi connectivity index (χ2v) is 5.63. The van der Waals surface area contributed by atoms with E-state index in [4.69, 9.17) is 4.74 Å². The highest BCUT2D eigenvalue weighted by atomic mass is 19.1. The Labute approximate surface area is 138 Å². The van der Waals surface area contributed by atoms with Crippen LogP contribution in [0.25, 0.3) is 0 Å². The van der Waals surface area contributed by atoms with Crippen molar-refractivity contribution < 1.29 is 18.7 Å². The molecule has 1 saturated carbocycles. The molecule has 6 heteroatoms. The molecule has 3 rings (SSSR count). The third kappa shape index (κ3) is 4.55. The Morgan fingerprint density at radius 2 is 1.54 bits per heavy atom. The Hall–Kier alpha value is -2.89. The summed E-state index contributed by atoms with van der Waals surface area (Å²) >= 11 is 0. The second kappa shape index (κ2) is 7.12. The van der Waals surface area contributed by atoms with Crippen LogP contribution >= 0.6 is 0 Å². The minimum Gasteiger partial charge on any atom is -0.484 e. The molecular weight excluding hydrogens is 311 g/mol. The van der Waals surface area contributed by atoms with Crippen LogP contribution < -0.4 is 15.4 Å². The number of hydrogen-bond acceptors (Lipinski definition) is 3. The molecule has 0 saturated heterocycles. The SMILES string of the molecule is O=C(COc1ccc(F)cc1)Nc1ccc(NC(=O)C2CC2)cc1. The van der Waals surface area contributed by atoms with Gasteiger partial charge in [-0.2, -0.15) is 0 Å². The van der Waals surface area contributed by atoms with E-state index in [9.17, 15) is 14.0 Å². The number of carbonyl (C=O) groups is 2. The molecule has 2 aromatic rings. The van der Waals surface area contributed by atoms with Gasteiger partial charge in [0.15, 0.2) is 6.61 Å². The molecule has 0 spiro atoms. The molecule has 0 heterocycles.